The molecule has 0 saturated carbocycles. The molecule has 0 unspecified atom stereocenters. The van der Waals surface area contributed by atoms with Crippen molar-refractivity contribution in [3.63, 3.8) is 0 Å². The van der Waals surface area contributed by atoms with Crippen LogP contribution in [0.3, 0.4) is 0 Å². The van der Waals surface area contributed by atoms with Crippen LogP contribution in [0.15, 0.2) is 6.07 Å². The van der Waals surface area contributed by atoms with Crippen molar-refractivity contribution in [1.29, 1.82) is 0 Å². The van der Waals surface area contributed by atoms with Crippen molar-refractivity contribution >= 4 is 11.5 Å². The molecule has 0 aliphatic carbocycles. The van der Waals surface area contributed by atoms with Crippen LogP contribution < -0.4 is 5.73 Å². The average molecular weight is 220 g/mol. The second-order valence-electron chi connectivity index (χ2n) is 4.21. The molecule has 0 atom stereocenters. The van der Waals surface area contributed by atoms with Gasteiger partial charge < -0.3 is 10.8 Å². The Morgan fingerprint density at radius 2 is 2.19 bits per heavy atom. The molecule has 2 heterocycles. The van der Waals surface area contributed by atoms with Crippen LogP contribution in [0.2, 0.25) is 0 Å². The van der Waals surface area contributed by atoms with Crippen molar-refractivity contribution in [3.05, 3.63) is 23.0 Å². The number of hydrogen-bond acceptors (Lipinski definition) is 4. The summed E-state index contributed by atoms with van der Waals surface area (Å²) >= 11 is 0. The van der Waals surface area contributed by atoms with Crippen molar-refractivity contribution in [2.75, 3.05) is 5.73 Å². The molecule has 2 rings (SSSR count). The molecule has 0 bridgehead atoms. The summed E-state index contributed by atoms with van der Waals surface area (Å²) in [5.74, 6) is 0.802. The Balaban J connectivity index is 2.73. The van der Waals surface area contributed by atoms with Gasteiger partial charge in [0.1, 0.15) is 5.82 Å². The van der Waals surface area contributed by atoms with E-state index in [2.05, 4.69) is 23.9 Å². The minimum absolute atomic E-state index is 0.114. The normalized spacial score (nSPS) is 11.6. The zero-order valence-corrected chi connectivity index (χ0v) is 9.73. The van der Waals surface area contributed by atoms with Crippen LogP contribution in [0.1, 0.15) is 36.7 Å². The first kappa shape index (κ1) is 10.9. The largest absolute Gasteiger partial charge is 0.391 e. The lowest BCUT2D eigenvalue weighted by Crippen LogP contribution is -2.08. The molecule has 5 nitrogen and oxygen atoms in total. The maximum atomic E-state index is 9.21. The number of rotatable bonds is 2. The molecule has 86 valence electrons. The Kier molecular flexibility index (Phi) is 2.55. The number of aliphatic hydroxyl groups excluding tert-OH is 1. The van der Waals surface area contributed by atoms with Crippen LogP contribution >= 0.6 is 0 Å². The smallest absolute Gasteiger partial charge is 0.157 e. The number of aryl methyl sites for hydroxylation is 1. The summed E-state index contributed by atoms with van der Waals surface area (Å²) in [6.07, 6.45) is 0. The molecule has 0 amide bonds. The molecule has 5 heteroatoms. The number of aromatic nitrogens is 3. The number of nitrogens with two attached hydrogens (primary N) is 1. The van der Waals surface area contributed by atoms with Crippen LogP contribution in [-0.4, -0.2) is 19.7 Å². The lowest BCUT2D eigenvalue weighted by molar-refractivity contribution is 0.280. The quantitative estimate of drug-likeness (QED) is 0.798. The van der Waals surface area contributed by atoms with Crippen LogP contribution in [0.5, 0.6) is 0 Å². The van der Waals surface area contributed by atoms with Crippen molar-refractivity contribution < 1.29 is 5.11 Å². The van der Waals surface area contributed by atoms with E-state index in [-0.39, 0.29) is 6.61 Å². The van der Waals surface area contributed by atoms with Crippen molar-refractivity contribution in [2.24, 2.45) is 0 Å². The van der Waals surface area contributed by atoms with Crippen molar-refractivity contribution in [1.82, 2.24) is 14.6 Å². The number of aliphatic hydroxyl groups is 1. The van der Waals surface area contributed by atoms with E-state index in [1.54, 1.807) is 4.52 Å². The third kappa shape index (κ3) is 1.53. The van der Waals surface area contributed by atoms with Gasteiger partial charge in [0.05, 0.1) is 12.3 Å². The van der Waals surface area contributed by atoms with E-state index >= 15 is 0 Å². The molecular formula is C11H16N4O. The predicted molar refractivity (Wildman–Crippen MR) is 62.1 cm³/mol. The summed E-state index contributed by atoms with van der Waals surface area (Å²) in [4.78, 5) is 4.37. The molecule has 2 aromatic heterocycles. The zero-order chi connectivity index (χ0) is 11.9. The number of hydrogen-bond donors (Lipinski definition) is 2. The SMILES string of the molecule is Cc1nc2cc(C(C)C)nn2c(N)c1CO. The molecule has 0 spiro atoms. The molecule has 0 aliphatic heterocycles. The van der Waals surface area contributed by atoms with E-state index in [1.165, 1.54) is 0 Å². The Bertz CT molecular complexity index is 530. The molecule has 0 fully saturated rings. The minimum Gasteiger partial charge on any atom is -0.391 e. The third-order valence-electron chi connectivity index (χ3n) is 2.72. The van der Waals surface area contributed by atoms with Gasteiger partial charge in [-0.2, -0.15) is 9.61 Å². The summed E-state index contributed by atoms with van der Waals surface area (Å²) < 4.78 is 1.59. The fourth-order valence-electron chi connectivity index (χ4n) is 1.68. The van der Waals surface area contributed by atoms with E-state index in [4.69, 9.17) is 5.73 Å². The third-order valence-corrected chi connectivity index (χ3v) is 2.72. The summed E-state index contributed by atoms with van der Waals surface area (Å²) in [7, 11) is 0. The van der Waals surface area contributed by atoms with Crippen LogP contribution in [-0.2, 0) is 6.61 Å². The van der Waals surface area contributed by atoms with E-state index in [0.29, 0.717) is 17.3 Å². The van der Waals surface area contributed by atoms with Gasteiger partial charge in [-0.05, 0) is 12.8 Å². The lowest BCUT2D eigenvalue weighted by Gasteiger charge is -2.07. The van der Waals surface area contributed by atoms with E-state index in [0.717, 1.165) is 17.0 Å². The zero-order valence-electron chi connectivity index (χ0n) is 9.73. The van der Waals surface area contributed by atoms with Crippen LogP contribution in [0.4, 0.5) is 5.82 Å². The summed E-state index contributed by atoms with van der Waals surface area (Å²) in [5, 5.41) is 13.6. The molecule has 2 aromatic rings. The molecule has 16 heavy (non-hydrogen) atoms. The number of fused-ring (bicyclic) bond motifs is 1. The maximum absolute atomic E-state index is 9.21. The summed E-state index contributed by atoms with van der Waals surface area (Å²) in [6.45, 7) is 5.86. The Hall–Kier alpha value is -1.62. The van der Waals surface area contributed by atoms with Gasteiger partial charge in [0.15, 0.2) is 5.65 Å². The second-order valence-corrected chi connectivity index (χ2v) is 4.21. The van der Waals surface area contributed by atoms with E-state index in [1.807, 2.05) is 13.0 Å². The molecule has 0 aromatic carbocycles. The Morgan fingerprint density at radius 1 is 1.50 bits per heavy atom. The molecule has 3 N–H and O–H groups in total. The molecule has 0 radical (unpaired) electrons. The maximum Gasteiger partial charge on any atom is 0.157 e. The highest BCUT2D eigenvalue weighted by atomic mass is 16.3. The highest BCUT2D eigenvalue weighted by Gasteiger charge is 2.13. The van der Waals surface area contributed by atoms with Gasteiger partial charge in [-0.1, -0.05) is 13.8 Å². The highest BCUT2D eigenvalue weighted by Crippen LogP contribution is 2.20. The Labute approximate surface area is 93.9 Å². The topological polar surface area (TPSA) is 76.4 Å². The van der Waals surface area contributed by atoms with Crippen molar-refractivity contribution in [3.8, 4) is 0 Å². The molecule has 0 saturated heterocycles. The minimum atomic E-state index is -0.114. The standard InChI is InChI=1S/C11H16N4O/c1-6(2)9-4-10-13-7(3)8(5-16)11(12)15(10)14-9/h4,6,16H,5,12H2,1-3H3. The fourth-order valence-corrected chi connectivity index (χ4v) is 1.68. The van der Waals surface area contributed by atoms with E-state index < -0.39 is 0 Å². The van der Waals surface area contributed by atoms with Crippen molar-refractivity contribution in [2.45, 2.75) is 33.3 Å². The fraction of sp³-hybridized carbons (Fsp3) is 0.455. The molecular weight excluding hydrogens is 204 g/mol. The van der Waals surface area contributed by atoms with Gasteiger partial charge in [-0.3, -0.25) is 0 Å². The second kappa shape index (κ2) is 3.75. The highest BCUT2D eigenvalue weighted by molar-refractivity contribution is 5.53. The van der Waals surface area contributed by atoms with Crippen LogP contribution in [0.25, 0.3) is 5.65 Å². The average Bonchev–Trinajstić information content (AvgIpc) is 2.62. The van der Waals surface area contributed by atoms with Gasteiger partial charge >= 0.3 is 0 Å². The Morgan fingerprint density at radius 3 is 2.75 bits per heavy atom. The van der Waals surface area contributed by atoms with Gasteiger partial charge in [0.2, 0.25) is 0 Å². The monoisotopic (exact) mass is 220 g/mol. The lowest BCUT2D eigenvalue weighted by atomic mass is 10.1. The number of anilines is 1. The van der Waals surface area contributed by atoms with Gasteiger partial charge in [-0.15, -0.1) is 0 Å². The van der Waals surface area contributed by atoms with Gasteiger partial charge in [0.25, 0.3) is 0 Å². The first-order chi connectivity index (χ1) is 7.54. The molecule has 0 aliphatic rings. The summed E-state index contributed by atoms with van der Waals surface area (Å²) in [5.41, 5.74) is 9.03. The number of nitrogen functional groups attached to an aromatic ring is 1. The van der Waals surface area contributed by atoms with E-state index in [9.17, 15) is 5.11 Å². The number of nitrogens with zero attached hydrogens (tertiary/aromatic N) is 3. The summed E-state index contributed by atoms with van der Waals surface area (Å²) in [6, 6.07) is 1.93. The van der Waals surface area contributed by atoms with Gasteiger partial charge in [0, 0.05) is 17.3 Å². The first-order valence-electron chi connectivity index (χ1n) is 5.30. The predicted octanol–water partition coefficient (Wildman–Crippen LogP) is 1.24. The first-order valence-corrected chi connectivity index (χ1v) is 5.30. The van der Waals surface area contributed by atoms with Gasteiger partial charge in [-0.25, -0.2) is 4.98 Å². The van der Waals surface area contributed by atoms with Crippen LogP contribution in [0, 0.1) is 6.92 Å².